The zero-order chi connectivity index (χ0) is 21.6. The van der Waals surface area contributed by atoms with Gasteiger partial charge in [0.05, 0.1) is 19.1 Å². The Labute approximate surface area is 184 Å². The van der Waals surface area contributed by atoms with Crippen molar-refractivity contribution in [2.24, 2.45) is 0 Å². The van der Waals surface area contributed by atoms with E-state index in [1.807, 2.05) is 42.3 Å². The van der Waals surface area contributed by atoms with Crippen LogP contribution in [0.5, 0.6) is 0 Å². The smallest absolute Gasteiger partial charge is 0.317 e. The van der Waals surface area contributed by atoms with E-state index in [0.717, 1.165) is 24.8 Å². The molecule has 1 aliphatic heterocycles. The van der Waals surface area contributed by atoms with Gasteiger partial charge >= 0.3 is 6.03 Å². The molecule has 164 valence electrons. The van der Waals surface area contributed by atoms with E-state index in [1.165, 1.54) is 11.1 Å². The number of morpholine rings is 1. The van der Waals surface area contributed by atoms with Crippen LogP contribution in [0.25, 0.3) is 0 Å². The van der Waals surface area contributed by atoms with E-state index in [9.17, 15) is 9.59 Å². The van der Waals surface area contributed by atoms with Gasteiger partial charge in [0.2, 0.25) is 5.91 Å². The van der Waals surface area contributed by atoms with Gasteiger partial charge in [-0.25, -0.2) is 4.79 Å². The van der Waals surface area contributed by atoms with Crippen LogP contribution in [0.2, 0.25) is 0 Å². The molecule has 2 aliphatic rings. The van der Waals surface area contributed by atoms with E-state index in [2.05, 4.69) is 29.6 Å². The number of hydrogen-bond acceptors (Lipinski definition) is 3. The molecule has 3 amide bonds. The van der Waals surface area contributed by atoms with Gasteiger partial charge in [0, 0.05) is 32.7 Å². The Morgan fingerprint density at radius 3 is 2.48 bits per heavy atom. The van der Waals surface area contributed by atoms with Gasteiger partial charge < -0.3 is 19.9 Å². The number of ether oxygens (including phenoxy) is 1. The first-order valence-electron chi connectivity index (χ1n) is 11.1. The lowest BCUT2D eigenvalue weighted by molar-refractivity contribution is -0.136. The van der Waals surface area contributed by atoms with E-state index in [1.54, 1.807) is 4.90 Å². The fourth-order valence-electron chi connectivity index (χ4n) is 4.53. The number of benzene rings is 2. The third kappa shape index (κ3) is 5.07. The lowest BCUT2D eigenvalue weighted by Crippen LogP contribution is -2.49. The summed E-state index contributed by atoms with van der Waals surface area (Å²) in [4.78, 5) is 29.8. The van der Waals surface area contributed by atoms with Crippen LogP contribution < -0.4 is 5.32 Å². The second-order valence-electron chi connectivity index (χ2n) is 8.36. The van der Waals surface area contributed by atoms with Crippen molar-refractivity contribution in [1.82, 2.24) is 15.1 Å². The lowest BCUT2D eigenvalue weighted by atomic mass is 9.88. The highest BCUT2D eigenvalue weighted by Gasteiger charge is 2.29. The molecule has 6 heteroatoms. The van der Waals surface area contributed by atoms with Crippen LogP contribution in [0.3, 0.4) is 0 Å². The summed E-state index contributed by atoms with van der Waals surface area (Å²) in [5, 5.41) is 3.03. The topological polar surface area (TPSA) is 61.9 Å². The Balaban J connectivity index is 1.40. The number of carbonyl (C=O) groups excluding carboxylic acids is 2. The SMILES string of the molecule is CN(C(=O)NCC(C(=O)N1CCOCC1)c1ccccc1)C1CCc2ccccc2C1. The highest BCUT2D eigenvalue weighted by atomic mass is 16.5. The molecule has 0 bridgehead atoms. The Morgan fingerprint density at radius 2 is 1.74 bits per heavy atom. The fourth-order valence-corrected chi connectivity index (χ4v) is 4.53. The van der Waals surface area contributed by atoms with Crippen molar-refractivity contribution in [3.05, 3.63) is 71.3 Å². The number of aryl methyl sites for hydroxylation is 1. The number of nitrogens with zero attached hydrogens (tertiary/aromatic N) is 2. The molecule has 1 saturated heterocycles. The van der Waals surface area contributed by atoms with Crippen LogP contribution >= 0.6 is 0 Å². The van der Waals surface area contributed by atoms with Gasteiger partial charge in [-0.05, 0) is 36.0 Å². The molecule has 0 aromatic heterocycles. The van der Waals surface area contributed by atoms with Crippen molar-refractivity contribution < 1.29 is 14.3 Å². The number of hydrogen-bond donors (Lipinski definition) is 1. The molecule has 6 nitrogen and oxygen atoms in total. The minimum atomic E-state index is -0.399. The first-order valence-corrected chi connectivity index (χ1v) is 11.1. The van der Waals surface area contributed by atoms with Crippen LogP contribution in [0.4, 0.5) is 4.79 Å². The summed E-state index contributed by atoms with van der Waals surface area (Å²) in [5.74, 6) is -0.354. The predicted molar refractivity (Wildman–Crippen MR) is 120 cm³/mol. The number of fused-ring (bicyclic) bond motifs is 1. The average molecular weight is 422 g/mol. The Bertz CT molecular complexity index is 896. The number of amides is 3. The molecule has 0 saturated carbocycles. The van der Waals surface area contributed by atoms with Gasteiger partial charge in [0.25, 0.3) is 0 Å². The molecule has 0 radical (unpaired) electrons. The summed E-state index contributed by atoms with van der Waals surface area (Å²) in [6.07, 6.45) is 2.81. The van der Waals surface area contributed by atoms with Crippen molar-refractivity contribution in [3.8, 4) is 0 Å². The first-order chi connectivity index (χ1) is 15.1. The predicted octanol–water partition coefficient (Wildman–Crippen LogP) is 2.83. The Kier molecular flexibility index (Phi) is 6.87. The van der Waals surface area contributed by atoms with Gasteiger partial charge in [-0.2, -0.15) is 0 Å². The van der Waals surface area contributed by atoms with Crippen LogP contribution in [0.15, 0.2) is 54.6 Å². The van der Waals surface area contributed by atoms with E-state index in [4.69, 9.17) is 4.74 Å². The maximum absolute atomic E-state index is 13.2. The third-order valence-electron chi connectivity index (χ3n) is 6.47. The maximum Gasteiger partial charge on any atom is 0.317 e. The molecule has 2 aromatic carbocycles. The highest BCUT2D eigenvalue weighted by Crippen LogP contribution is 2.24. The van der Waals surface area contributed by atoms with Crippen LogP contribution in [0.1, 0.15) is 29.0 Å². The second-order valence-corrected chi connectivity index (χ2v) is 8.36. The molecule has 2 aromatic rings. The molecule has 31 heavy (non-hydrogen) atoms. The van der Waals surface area contributed by atoms with Crippen molar-refractivity contribution >= 4 is 11.9 Å². The number of carbonyl (C=O) groups is 2. The average Bonchev–Trinajstić information content (AvgIpc) is 2.84. The summed E-state index contributed by atoms with van der Waals surface area (Å²) >= 11 is 0. The summed E-state index contributed by atoms with van der Waals surface area (Å²) in [5.41, 5.74) is 3.63. The fraction of sp³-hybridized carbons (Fsp3) is 0.440. The van der Waals surface area contributed by atoms with Gasteiger partial charge in [-0.3, -0.25) is 4.79 Å². The molecule has 1 aliphatic carbocycles. The standard InChI is InChI=1S/C25H31N3O3/c1-27(22-12-11-19-7-5-6-10-21(19)17-22)25(30)26-18-23(20-8-3-2-4-9-20)24(29)28-13-15-31-16-14-28/h2-10,22-23H,11-18H2,1H3,(H,26,30). The maximum atomic E-state index is 13.2. The van der Waals surface area contributed by atoms with Crippen LogP contribution in [-0.2, 0) is 22.4 Å². The van der Waals surface area contributed by atoms with E-state index in [-0.39, 0.29) is 24.5 Å². The second kappa shape index (κ2) is 9.96. The number of likely N-dealkylation sites (N-methyl/N-ethyl adjacent to an activating group) is 1. The van der Waals surface area contributed by atoms with Crippen molar-refractivity contribution in [1.29, 1.82) is 0 Å². The zero-order valence-electron chi connectivity index (χ0n) is 18.1. The molecular weight excluding hydrogens is 390 g/mol. The van der Waals surface area contributed by atoms with E-state index < -0.39 is 5.92 Å². The normalized spacial score (nSPS) is 19.3. The van der Waals surface area contributed by atoms with Crippen molar-refractivity contribution in [3.63, 3.8) is 0 Å². The summed E-state index contributed by atoms with van der Waals surface area (Å²) in [7, 11) is 1.86. The van der Waals surface area contributed by atoms with E-state index in [0.29, 0.717) is 26.3 Å². The number of urea groups is 1. The summed E-state index contributed by atoms with van der Waals surface area (Å²) in [6, 6.07) is 18.2. The van der Waals surface area contributed by atoms with Gasteiger partial charge in [0.1, 0.15) is 0 Å². The molecule has 1 N–H and O–H groups in total. The minimum Gasteiger partial charge on any atom is -0.378 e. The number of nitrogens with one attached hydrogen (secondary N) is 1. The van der Waals surface area contributed by atoms with Gasteiger partial charge in [0.15, 0.2) is 0 Å². The monoisotopic (exact) mass is 421 g/mol. The van der Waals surface area contributed by atoms with E-state index >= 15 is 0 Å². The molecule has 4 rings (SSSR count). The molecular formula is C25H31N3O3. The molecule has 2 unspecified atom stereocenters. The Morgan fingerprint density at radius 1 is 1.06 bits per heavy atom. The largest absolute Gasteiger partial charge is 0.378 e. The Hall–Kier alpha value is -2.86. The molecule has 2 atom stereocenters. The zero-order valence-corrected chi connectivity index (χ0v) is 18.1. The molecule has 1 heterocycles. The summed E-state index contributed by atoms with van der Waals surface area (Å²) < 4.78 is 5.39. The van der Waals surface area contributed by atoms with Crippen LogP contribution in [0, 0.1) is 0 Å². The summed E-state index contributed by atoms with van der Waals surface area (Å²) in [6.45, 7) is 2.60. The van der Waals surface area contributed by atoms with Crippen LogP contribution in [-0.4, -0.2) is 67.7 Å². The molecule has 0 spiro atoms. The van der Waals surface area contributed by atoms with Crippen molar-refractivity contribution in [2.75, 3.05) is 39.9 Å². The number of rotatable bonds is 5. The van der Waals surface area contributed by atoms with Crippen molar-refractivity contribution in [2.45, 2.75) is 31.2 Å². The van der Waals surface area contributed by atoms with Gasteiger partial charge in [-0.15, -0.1) is 0 Å². The highest BCUT2D eigenvalue weighted by molar-refractivity contribution is 5.85. The molecule has 1 fully saturated rings. The third-order valence-corrected chi connectivity index (χ3v) is 6.47. The first kappa shape index (κ1) is 21.4. The quantitative estimate of drug-likeness (QED) is 0.808. The minimum absolute atomic E-state index is 0.0454. The van der Waals surface area contributed by atoms with Gasteiger partial charge in [-0.1, -0.05) is 54.6 Å². The lowest BCUT2D eigenvalue weighted by Gasteiger charge is -2.34.